The Morgan fingerprint density at radius 1 is 1.09 bits per heavy atom. The topological polar surface area (TPSA) is 43.1 Å². The number of nitrogens with zero attached hydrogens (tertiary/aromatic N) is 2. The van der Waals surface area contributed by atoms with Crippen molar-refractivity contribution in [3.63, 3.8) is 0 Å². The Balaban J connectivity index is 0.00000176. The number of Topliss-reactive ketones (excluding diaryl/α,β-unsaturated/α-hetero) is 1. The summed E-state index contributed by atoms with van der Waals surface area (Å²) in [6.07, 6.45) is 3.66. The van der Waals surface area contributed by atoms with Gasteiger partial charge in [0.25, 0.3) is 0 Å². The molecule has 1 aromatic heterocycles. The van der Waals surface area contributed by atoms with Gasteiger partial charge >= 0.3 is 0 Å². The molecule has 0 radical (unpaired) electrons. The lowest BCUT2D eigenvalue weighted by molar-refractivity contribution is -0.740. The normalized spacial score (nSPS) is 10.0. The van der Waals surface area contributed by atoms with E-state index in [0.717, 1.165) is 16.5 Å². The lowest BCUT2D eigenvalue weighted by Gasteiger charge is -2.01. The molecule has 112 valence electrons. The van der Waals surface area contributed by atoms with Gasteiger partial charge in [-0.05, 0) is 35.4 Å². The van der Waals surface area contributed by atoms with Gasteiger partial charge in [-0.1, -0.05) is 22.9 Å². The molecule has 0 unspecified atom stereocenters. The third-order valence-corrected chi connectivity index (χ3v) is 3.35. The summed E-state index contributed by atoms with van der Waals surface area (Å²) in [6, 6.07) is 15.0. The maximum absolute atomic E-state index is 12.2. The number of ketones is 1. The lowest BCUT2D eigenvalue weighted by atomic mass is 10.1. The van der Waals surface area contributed by atoms with E-state index in [0.29, 0.717) is 5.56 Å². The summed E-state index contributed by atoms with van der Waals surface area (Å²) >= 11 is 0. The number of rotatable bonds is 4. The van der Waals surface area contributed by atoms with E-state index in [9.17, 15) is 4.79 Å². The summed E-state index contributed by atoms with van der Waals surface area (Å²) in [5.74, 6) is 0.758. The number of ether oxygens (including phenoxy) is 1. The summed E-state index contributed by atoms with van der Waals surface area (Å²) < 4.78 is 6.75. The molecule has 0 aliphatic rings. The molecule has 0 saturated heterocycles. The van der Waals surface area contributed by atoms with E-state index in [1.165, 1.54) is 0 Å². The molecule has 0 saturated carbocycles. The van der Waals surface area contributed by atoms with E-state index >= 15 is 0 Å². The highest BCUT2D eigenvalue weighted by Gasteiger charge is 2.14. The zero-order valence-electron chi connectivity index (χ0n) is 12.1. The Morgan fingerprint density at radius 3 is 2.45 bits per heavy atom. The van der Waals surface area contributed by atoms with E-state index in [1.54, 1.807) is 42.3 Å². The molecule has 3 aromatic rings. The van der Waals surface area contributed by atoms with Crippen molar-refractivity contribution in [2.24, 2.45) is 0 Å². The van der Waals surface area contributed by atoms with Gasteiger partial charge in [-0.3, -0.25) is 4.79 Å². The highest BCUT2D eigenvalue weighted by atomic mass is 79.9. The average Bonchev–Trinajstić information content (AvgIpc) is 2.55. The van der Waals surface area contributed by atoms with Crippen LogP contribution in [0.5, 0.6) is 5.75 Å². The van der Waals surface area contributed by atoms with Crippen molar-refractivity contribution < 1.29 is 31.2 Å². The molecule has 0 fully saturated rings. The number of carbonyl (C=O) groups excluding carboxylic acids is 1. The molecule has 3 rings (SSSR count). The molecule has 4 nitrogen and oxygen atoms in total. The van der Waals surface area contributed by atoms with Crippen LogP contribution in [0.2, 0.25) is 0 Å². The third-order valence-electron chi connectivity index (χ3n) is 3.35. The minimum atomic E-state index is 0. The van der Waals surface area contributed by atoms with E-state index in [2.05, 4.69) is 5.10 Å². The zero-order chi connectivity index (χ0) is 14.7. The Labute approximate surface area is 139 Å². The molecular weight excluding hydrogens is 344 g/mol. The summed E-state index contributed by atoms with van der Waals surface area (Å²) in [6.45, 7) is 0.219. The number of aromatic nitrogens is 2. The molecule has 0 amide bonds. The van der Waals surface area contributed by atoms with Crippen LogP contribution >= 0.6 is 0 Å². The van der Waals surface area contributed by atoms with Crippen LogP contribution in [-0.2, 0) is 6.54 Å². The fourth-order valence-corrected chi connectivity index (χ4v) is 2.18. The number of hydrogen-bond donors (Lipinski definition) is 0. The van der Waals surface area contributed by atoms with Crippen molar-refractivity contribution in [1.29, 1.82) is 0 Å². The molecular formula is C17H15BrN2O2. The number of methoxy groups -OCH3 is 1. The first-order chi connectivity index (χ1) is 10.3. The highest BCUT2D eigenvalue weighted by molar-refractivity contribution is 5.95. The maximum atomic E-state index is 12.2. The van der Waals surface area contributed by atoms with Crippen LogP contribution < -0.4 is 26.4 Å². The van der Waals surface area contributed by atoms with Gasteiger partial charge in [-0.2, -0.15) is 0 Å². The van der Waals surface area contributed by atoms with Crippen LogP contribution in [0.25, 0.3) is 10.8 Å². The first-order valence-electron chi connectivity index (χ1n) is 6.68. The number of benzene rings is 2. The van der Waals surface area contributed by atoms with Gasteiger partial charge in [-0.25, -0.2) is 0 Å². The van der Waals surface area contributed by atoms with Gasteiger partial charge in [0.1, 0.15) is 11.9 Å². The van der Waals surface area contributed by atoms with Crippen molar-refractivity contribution >= 4 is 16.6 Å². The molecule has 2 aromatic carbocycles. The lowest BCUT2D eigenvalue weighted by Crippen LogP contribution is -3.00. The average molecular weight is 359 g/mol. The van der Waals surface area contributed by atoms with Gasteiger partial charge in [0.2, 0.25) is 18.5 Å². The fourth-order valence-electron chi connectivity index (χ4n) is 2.18. The largest absolute Gasteiger partial charge is 1.00 e. The fraction of sp³-hybridized carbons (Fsp3) is 0.118. The Kier molecular flexibility index (Phi) is 5.22. The first-order valence-corrected chi connectivity index (χ1v) is 6.68. The highest BCUT2D eigenvalue weighted by Crippen LogP contribution is 2.12. The summed E-state index contributed by atoms with van der Waals surface area (Å²) in [5.41, 5.74) is 0.651. The molecule has 1 heterocycles. The minimum absolute atomic E-state index is 0. The second-order valence-electron chi connectivity index (χ2n) is 4.75. The third kappa shape index (κ3) is 3.49. The number of carbonyl (C=O) groups is 1. The van der Waals surface area contributed by atoms with Gasteiger partial charge in [-0.15, -0.1) is 0 Å². The second kappa shape index (κ2) is 7.13. The van der Waals surface area contributed by atoms with Gasteiger partial charge in [0.15, 0.2) is 0 Å². The predicted molar refractivity (Wildman–Crippen MR) is 79.3 cm³/mol. The van der Waals surface area contributed by atoms with E-state index in [-0.39, 0.29) is 29.3 Å². The molecule has 0 spiro atoms. The van der Waals surface area contributed by atoms with Gasteiger partial charge < -0.3 is 21.7 Å². The second-order valence-corrected chi connectivity index (χ2v) is 4.75. The van der Waals surface area contributed by atoms with Crippen LogP contribution in [0.4, 0.5) is 0 Å². The number of hydrogen-bond acceptors (Lipinski definition) is 3. The molecule has 0 bridgehead atoms. The molecule has 0 aliphatic carbocycles. The standard InChI is InChI=1S/C17H15N2O2.BrH/c1-21-16-8-6-13(7-9-16)17(20)12-19-11-15-5-3-2-4-14(15)10-18-19;/h2-11H,12H2,1H3;1H/q+1;/p-1. The molecule has 5 heteroatoms. The molecule has 0 aliphatic heterocycles. The Hall–Kier alpha value is -2.27. The van der Waals surface area contributed by atoms with Crippen LogP contribution in [0.15, 0.2) is 60.9 Å². The Morgan fingerprint density at radius 2 is 1.77 bits per heavy atom. The van der Waals surface area contributed by atoms with Crippen molar-refractivity contribution in [2.75, 3.05) is 7.11 Å². The van der Waals surface area contributed by atoms with Crippen LogP contribution in [0, 0.1) is 0 Å². The van der Waals surface area contributed by atoms with Gasteiger partial charge in [0.05, 0.1) is 7.11 Å². The smallest absolute Gasteiger partial charge is 0.236 e. The van der Waals surface area contributed by atoms with Crippen LogP contribution in [0.1, 0.15) is 10.4 Å². The predicted octanol–water partition coefficient (Wildman–Crippen LogP) is -0.582. The van der Waals surface area contributed by atoms with E-state index < -0.39 is 0 Å². The zero-order valence-corrected chi connectivity index (χ0v) is 13.7. The first kappa shape index (κ1) is 16.1. The molecule has 0 N–H and O–H groups in total. The maximum Gasteiger partial charge on any atom is 0.236 e. The monoisotopic (exact) mass is 358 g/mol. The van der Waals surface area contributed by atoms with Gasteiger partial charge in [0, 0.05) is 16.3 Å². The number of fused-ring (bicyclic) bond motifs is 1. The van der Waals surface area contributed by atoms with Crippen molar-refractivity contribution in [3.05, 3.63) is 66.5 Å². The summed E-state index contributed by atoms with van der Waals surface area (Å²) in [7, 11) is 1.60. The van der Waals surface area contributed by atoms with Crippen molar-refractivity contribution in [1.82, 2.24) is 5.10 Å². The summed E-state index contributed by atoms with van der Waals surface area (Å²) in [4.78, 5) is 12.2. The Bertz CT molecular complexity index is 788. The van der Waals surface area contributed by atoms with E-state index in [1.807, 2.05) is 30.5 Å². The number of halogens is 1. The SMILES string of the molecule is COc1ccc(C(=O)C[n+]2cc3ccccc3cn2)cc1.[Br-]. The quantitative estimate of drug-likeness (QED) is 0.463. The van der Waals surface area contributed by atoms with Crippen LogP contribution in [-0.4, -0.2) is 18.0 Å². The van der Waals surface area contributed by atoms with Crippen molar-refractivity contribution in [3.8, 4) is 5.75 Å². The molecule has 22 heavy (non-hydrogen) atoms. The van der Waals surface area contributed by atoms with Crippen molar-refractivity contribution in [2.45, 2.75) is 6.54 Å². The molecule has 0 atom stereocenters. The van der Waals surface area contributed by atoms with Crippen LogP contribution in [0.3, 0.4) is 0 Å². The summed E-state index contributed by atoms with van der Waals surface area (Å²) in [5, 5.41) is 6.40. The minimum Gasteiger partial charge on any atom is -1.00 e. The van der Waals surface area contributed by atoms with E-state index in [4.69, 9.17) is 4.74 Å².